The minimum absolute atomic E-state index is 0.106. The molecule has 0 saturated heterocycles. The molecule has 144 valence electrons. The van der Waals surface area contributed by atoms with Gasteiger partial charge in [-0.1, -0.05) is 42.0 Å². The van der Waals surface area contributed by atoms with E-state index in [0.29, 0.717) is 28.2 Å². The molecule has 0 atom stereocenters. The Morgan fingerprint density at radius 3 is 2.55 bits per heavy atom. The highest BCUT2D eigenvalue weighted by molar-refractivity contribution is 14.1. The van der Waals surface area contributed by atoms with E-state index in [1.165, 1.54) is 5.56 Å². The van der Waals surface area contributed by atoms with Crippen LogP contribution < -0.4 is 10.3 Å². The molecule has 0 unspecified atom stereocenters. The summed E-state index contributed by atoms with van der Waals surface area (Å²) in [5.74, 6) is 1.25. The highest BCUT2D eigenvalue weighted by atomic mass is 127. The fourth-order valence-electron chi connectivity index (χ4n) is 3.13. The lowest BCUT2D eigenvalue weighted by molar-refractivity contribution is 0.414. The molecule has 3 aromatic carbocycles. The van der Waals surface area contributed by atoms with Gasteiger partial charge in [-0.2, -0.15) is 0 Å². The van der Waals surface area contributed by atoms with Crippen LogP contribution in [0, 0.1) is 10.5 Å². The van der Waals surface area contributed by atoms with E-state index in [1.807, 2.05) is 66.7 Å². The normalized spacial score (nSPS) is 11.3. The lowest BCUT2D eigenvalue weighted by Crippen LogP contribution is -2.22. The van der Waals surface area contributed by atoms with E-state index >= 15 is 0 Å². The average Bonchev–Trinajstić information content (AvgIpc) is 2.74. The molecular formula is C24H19IN2O2. The predicted molar refractivity (Wildman–Crippen MR) is 127 cm³/mol. The summed E-state index contributed by atoms with van der Waals surface area (Å²) in [6.45, 7) is 2.06. The van der Waals surface area contributed by atoms with Crippen molar-refractivity contribution in [2.75, 3.05) is 7.11 Å². The van der Waals surface area contributed by atoms with Crippen molar-refractivity contribution in [3.63, 3.8) is 0 Å². The molecule has 4 aromatic rings. The predicted octanol–water partition coefficient (Wildman–Crippen LogP) is 5.48. The van der Waals surface area contributed by atoms with Crippen molar-refractivity contribution in [1.29, 1.82) is 0 Å². The molecule has 29 heavy (non-hydrogen) atoms. The molecule has 0 amide bonds. The zero-order valence-electron chi connectivity index (χ0n) is 16.1. The molecule has 0 bridgehead atoms. The smallest absolute Gasteiger partial charge is 0.266 e. The van der Waals surface area contributed by atoms with Crippen LogP contribution in [0.3, 0.4) is 0 Å². The van der Waals surface area contributed by atoms with Gasteiger partial charge in [0, 0.05) is 9.64 Å². The van der Waals surface area contributed by atoms with Crippen LogP contribution in [0.5, 0.6) is 5.75 Å². The summed E-state index contributed by atoms with van der Waals surface area (Å²) in [7, 11) is 1.61. The van der Waals surface area contributed by atoms with Crippen molar-refractivity contribution in [3.05, 3.63) is 97.6 Å². The quantitative estimate of drug-likeness (QED) is 0.353. The number of benzene rings is 3. The second kappa shape index (κ2) is 8.21. The van der Waals surface area contributed by atoms with Crippen LogP contribution in [-0.2, 0) is 0 Å². The van der Waals surface area contributed by atoms with Crippen LogP contribution in [0.1, 0.15) is 17.0 Å². The monoisotopic (exact) mass is 494 g/mol. The van der Waals surface area contributed by atoms with Gasteiger partial charge in [-0.25, -0.2) is 4.98 Å². The first-order chi connectivity index (χ1) is 14.0. The second-order valence-electron chi connectivity index (χ2n) is 6.72. The number of aromatic nitrogens is 2. The van der Waals surface area contributed by atoms with Gasteiger partial charge in [-0.3, -0.25) is 9.36 Å². The van der Waals surface area contributed by atoms with Gasteiger partial charge in [0.05, 0.1) is 23.7 Å². The van der Waals surface area contributed by atoms with Crippen molar-refractivity contribution in [1.82, 2.24) is 9.55 Å². The summed E-state index contributed by atoms with van der Waals surface area (Å²) in [6, 6.07) is 21.4. The third-order valence-corrected chi connectivity index (χ3v) is 5.34. The standard InChI is InChI=1S/C24H19IN2O2/c1-16-6-8-17(9-7-16)10-13-23-26-22-12-11-18(25)14-21(22)24(28)27(23)19-4-3-5-20(15-19)29-2/h3-15H,1-2H3. The molecule has 5 heteroatoms. The number of methoxy groups -OCH3 is 1. The molecule has 0 radical (unpaired) electrons. The molecule has 4 rings (SSSR count). The molecule has 0 aliphatic carbocycles. The Labute approximate surface area is 182 Å². The van der Waals surface area contributed by atoms with E-state index in [4.69, 9.17) is 9.72 Å². The number of aryl methyl sites for hydroxylation is 1. The van der Waals surface area contributed by atoms with Crippen molar-refractivity contribution in [2.24, 2.45) is 0 Å². The van der Waals surface area contributed by atoms with Gasteiger partial charge in [0.1, 0.15) is 11.6 Å². The SMILES string of the molecule is COc1cccc(-n2c(C=Cc3ccc(C)cc3)nc3ccc(I)cc3c2=O)c1. The third-order valence-electron chi connectivity index (χ3n) is 4.67. The summed E-state index contributed by atoms with van der Waals surface area (Å²) in [4.78, 5) is 18.2. The van der Waals surface area contributed by atoms with E-state index in [1.54, 1.807) is 11.7 Å². The number of ether oxygens (including phenoxy) is 1. The molecule has 1 aromatic heterocycles. The van der Waals surface area contributed by atoms with Gasteiger partial charge in [0.15, 0.2) is 0 Å². The summed E-state index contributed by atoms with van der Waals surface area (Å²) < 4.78 is 7.97. The van der Waals surface area contributed by atoms with Gasteiger partial charge >= 0.3 is 0 Å². The number of rotatable bonds is 4. The van der Waals surface area contributed by atoms with Crippen LogP contribution in [0.25, 0.3) is 28.7 Å². The third kappa shape index (κ3) is 4.10. The summed E-state index contributed by atoms with van der Waals surface area (Å²) in [6.07, 6.45) is 3.85. The Morgan fingerprint density at radius 2 is 1.79 bits per heavy atom. The number of fused-ring (bicyclic) bond motifs is 1. The lowest BCUT2D eigenvalue weighted by Gasteiger charge is -2.12. The Balaban J connectivity index is 1.94. The first-order valence-corrected chi connectivity index (χ1v) is 10.2. The number of hydrogen-bond acceptors (Lipinski definition) is 3. The van der Waals surface area contributed by atoms with Crippen molar-refractivity contribution in [3.8, 4) is 11.4 Å². The summed E-state index contributed by atoms with van der Waals surface area (Å²) >= 11 is 2.21. The zero-order valence-corrected chi connectivity index (χ0v) is 18.3. The largest absolute Gasteiger partial charge is 0.497 e. The Kier molecular flexibility index (Phi) is 5.49. The summed E-state index contributed by atoms with van der Waals surface area (Å²) in [5, 5.41) is 0.590. The second-order valence-corrected chi connectivity index (χ2v) is 7.96. The molecule has 0 N–H and O–H groups in total. The lowest BCUT2D eigenvalue weighted by atomic mass is 10.1. The van der Waals surface area contributed by atoms with Crippen molar-refractivity contribution < 1.29 is 4.74 Å². The zero-order chi connectivity index (χ0) is 20.4. The maximum Gasteiger partial charge on any atom is 0.266 e. The number of nitrogens with zero attached hydrogens (tertiary/aromatic N) is 2. The fourth-order valence-corrected chi connectivity index (χ4v) is 3.63. The van der Waals surface area contributed by atoms with Crippen LogP contribution in [-0.4, -0.2) is 16.7 Å². The first-order valence-electron chi connectivity index (χ1n) is 9.16. The maximum absolute atomic E-state index is 13.4. The van der Waals surface area contributed by atoms with Crippen LogP contribution in [0.4, 0.5) is 0 Å². The van der Waals surface area contributed by atoms with Gasteiger partial charge < -0.3 is 4.74 Å². The van der Waals surface area contributed by atoms with E-state index in [0.717, 1.165) is 9.13 Å². The molecule has 1 heterocycles. The highest BCUT2D eigenvalue weighted by Gasteiger charge is 2.12. The molecule has 0 fully saturated rings. The van der Waals surface area contributed by atoms with Crippen molar-refractivity contribution in [2.45, 2.75) is 6.92 Å². The number of hydrogen-bond donors (Lipinski definition) is 0. The topological polar surface area (TPSA) is 44.1 Å². The molecule has 0 spiro atoms. The van der Waals surface area contributed by atoms with Gasteiger partial charge in [-0.05, 0) is 71.5 Å². The molecule has 0 aliphatic heterocycles. The van der Waals surface area contributed by atoms with E-state index in [2.05, 4.69) is 41.6 Å². The fraction of sp³-hybridized carbons (Fsp3) is 0.0833. The molecular weight excluding hydrogens is 475 g/mol. The van der Waals surface area contributed by atoms with E-state index in [9.17, 15) is 4.79 Å². The highest BCUT2D eigenvalue weighted by Crippen LogP contribution is 2.20. The Hall–Kier alpha value is -2.93. The maximum atomic E-state index is 13.4. The van der Waals surface area contributed by atoms with Gasteiger partial charge in [-0.15, -0.1) is 0 Å². The van der Waals surface area contributed by atoms with Gasteiger partial charge in [0.2, 0.25) is 0 Å². The summed E-state index contributed by atoms with van der Waals surface area (Å²) in [5.41, 5.74) is 3.54. The molecule has 0 saturated carbocycles. The Morgan fingerprint density at radius 1 is 1.00 bits per heavy atom. The average molecular weight is 494 g/mol. The van der Waals surface area contributed by atoms with E-state index < -0.39 is 0 Å². The molecule has 4 nitrogen and oxygen atoms in total. The van der Waals surface area contributed by atoms with Crippen LogP contribution in [0.15, 0.2) is 71.5 Å². The molecule has 0 aliphatic rings. The minimum Gasteiger partial charge on any atom is -0.497 e. The van der Waals surface area contributed by atoms with E-state index in [-0.39, 0.29) is 5.56 Å². The minimum atomic E-state index is -0.106. The van der Waals surface area contributed by atoms with Crippen LogP contribution >= 0.6 is 22.6 Å². The Bertz CT molecular complexity index is 1270. The first kappa shape index (κ1) is 19.4. The van der Waals surface area contributed by atoms with Gasteiger partial charge in [0.25, 0.3) is 5.56 Å². The van der Waals surface area contributed by atoms with Crippen LogP contribution in [0.2, 0.25) is 0 Å². The van der Waals surface area contributed by atoms with Crippen molar-refractivity contribution >= 4 is 45.6 Å². The number of halogens is 1.